The van der Waals surface area contributed by atoms with Crippen LogP contribution in [0.2, 0.25) is 0 Å². The number of nitrogens with one attached hydrogen (secondary N) is 2. The van der Waals surface area contributed by atoms with E-state index in [4.69, 9.17) is 4.52 Å². The Bertz CT molecular complexity index is 829. The number of rotatable bonds is 7. The van der Waals surface area contributed by atoms with E-state index in [2.05, 4.69) is 21.9 Å². The lowest BCUT2D eigenvalue weighted by Gasteiger charge is -2.31. The monoisotopic (exact) mass is 411 g/mol. The van der Waals surface area contributed by atoms with Crippen LogP contribution in [0.1, 0.15) is 56.4 Å². The predicted molar refractivity (Wildman–Crippen MR) is 116 cm³/mol. The highest BCUT2D eigenvalue weighted by atomic mass is 16.5. The highest BCUT2D eigenvalue weighted by Crippen LogP contribution is 2.29. The molecule has 0 spiro atoms. The third kappa shape index (κ3) is 5.85. The molecule has 2 atom stereocenters. The number of aromatic hydroxyl groups is 1. The van der Waals surface area contributed by atoms with E-state index >= 15 is 0 Å². The molecule has 162 valence electrons. The molecule has 30 heavy (non-hydrogen) atoms. The van der Waals surface area contributed by atoms with Gasteiger partial charge in [0.15, 0.2) is 0 Å². The van der Waals surface area contributed by atoms with Crippen molar-refractivity contribution < 1.29 is 14.4 Å². The highest BCUT2D eigenvalue weighted by Gasteiger charge is 2.28. The number of carbonyl (C=O) groups is 1. The Morgan fingerprint density at radius 1 is 1.13 bits per heavy atom. The number of anilines is 1. The van der Waals surface area contributed by atoms with Crippen molar-refractivity contribution in [1.82, 2.24) is 10.5 Å². The van der Waals surface area contributed by atoms with E-state index in [0.29, 0.717) is 23.9 Å². The molecule has 0 unspecified atom stereocenters. The van der Waals surface area contributed by atoms with Gasteiger partial charge in [0.25, 0.3) is 0 Å². The topological polar surface area (TPSA) is 87.4 Å². The Morgan fingerprint density at radius 2 is 2.00 bits per heavy atom. The standard InChI is InChI=1S/C24H33N3O3/c28-22-8-4-7-20(14-22)26-24(29)13-18-9-10-25-16-19(18)12-21-15-23(30-27-21)11-17-5-2-1-3-6-17/h4,7-8,14-15,17-19,25,28H,1-3,5-6,9-13,16H2,(H,26,29)/t18-,19-/m0/s1. The summed E-state index contributed by atoms with van der Waals surface area (Å²) >= 11 is 0. The predicted octanol–water partition coefficient (Wildman–Crippen LogP) is 4.30. The maximum absolute atomic E-state index is 12.6. The molecular weight excluding hydrogens is 378 g/mol. The van der Waals surface area contributed by atoms with E-state index in [0.717, 1.165) is 49.7 Å². The zero-order valence-electron chi connectivity index (χ0n) is 17.6. The second kappa shape index (κ2) is 10.1. The van der Waals surface area contributed by atoms with Crippen LogP contribution in [0.3, 0.4) is 0 Å². The van der Waals surface area contributed by atoms with Crippen molar-refractivity contribution in [3.8, 4) is 5.75 Å². The molecule has 1 saturated heterocycles. The maximum Gasteiger partial charge on any atom is 0.224 e. The molecule has 1 aromatic carbocycles. The van der Waals surface area contributed by atoms with Crippen LogP contribution in [0.25, 0.3) is 0 Å². The number of amides is 1. The van der Waals surface area contributed by atoms with E-state index in [1.165, 1.54) is 32.1 Å². The number of carbonyl (C=O) groups excluding carboxylic acids is 1. The van der Waals surface area contributed by atoms with E-state index in [1.54, 1.807) is 24.3 Å². The summed E-state index contributed by atoms with van der Waals surface area (Å²) in [6.07, 6.45) is 9.96. The summed E-state index contributed by atoms with van der Waals surface area (Å²) in [7, 11) is 0. The maximum atomic E-state index is 12.6. The zero-order chi connectivity index (χ0) is 20.8. The van der Waals surface area contributed by atoms with Crippen LogP contribution in [-0.2, 0) is 17.6 Å². The first-order chi connectivity index (χ1) is 14.7. The molecule has 2 heterocycles. The molecule has 1 amide bonds. The van der Waals surface area contributed by atoms with Gasteiger partial charge in [-0.25, -0.2) is 0 Å². The molecule has 1 aliphatic carbocycles. The van der Waals surface area contributed by atoms with Crippen LogP contribution in [0.15, 0.2) is 34.9 Å². The van der Waals surface area contributed by atoms with Gasteiger partial charge in [-0.3, -0.25) is 4.79 Å². The Hall–Kier alpha value is -2.34. The fraction of sp³-hybridized carbons (Fsp3) is 0.583. The summed E-state index contributed by atoms with van der Waals surface area (Å²) in [5, 5.41) is 20.3. The molecule has 0 radical (unpaired) electrons. The molecule has 2 aliphatic rings. The Kier molecular flexibility index (Phi) is 7.05. The number of phenolic OH excluding ortho intramolecular Hbond substituents is 1. The molecule has 0 bridgehead atoms. The van der Waals surface area contributed by atoms with Crippen molar-refractivity contribution >= 4 is 11.6 Å². The summed E-state index contributed by atoms with van der Waals surface area (Å²) in [4.78, 5) is 12.6. The van der Waals surface area contributed by atoms with Gasteiger partial charge in [0.1, 0.15) is 11.5 Å². The summed E-state index contributed by atoms with van der Waals surface area (Å²) in [6, 6.07) is 8.82. The van der Waals surface area contributed by atoms with Crippen LogP contribution in [0.5, 0.6) is 5.75 Å². The molecule has 2 fully saturated rings. The fourth-order valence-electron chi connectivity index (χ4n) is 5.01. The molecule has 4 rings (SSSR count). The van der Waals surface area contributed by atoms with Gasteiger partial charge in [0.05, 0.1) is 5.69 Å². The van der Waals surface area contributed by atoms with Crippen molar-refractivity contribution in [2.75, 3.05) is 18.4 Å². The van der Waals surface area contributed by atoms with E-state index < -0.39 is 0 Å². The van der Waals surface area contributed by atoms with Gasteiger partial charge >= 0.3 is 0 Å². The molecule has 6 heteroatoms. The second-order valence-corrected chi connectivity index (χ2v) is 9.01. The summed E-state index contributed by atoms with van der Waals surface area (Å²) in [6.45, 7) is 1.83. The second-order valence-electron chi connectivity index (χ2n) is 9.01. The van der Waals surface area contributed by atoms with Crippen molar-refractivity contribution in [3.05, 3.63) is 41.8 Å². The quantitative estimate of drug-likeness (QED) is 0.632. The van der Waals surface area contributed by atoms with Gasteiger partial charge in [-0.15, -0.1) is 0 Å². The minimum absolute atomic E-state index is 0.00404. The number of aromatic nitrogens is 1. The summed E-state index contributed by atoms with van der Waals surface area (Å²) in [5.74, 6) is 2.57. The summed E-state index contributed by atoms with van der Waals surface area (Å²) < 4.78 is 5.64. The molecule has 6 nitrogen and oxygen atoms in total. The Balaban J connectivity index is 1.31. The highest BCUT2D eigenvalue weighted by molar-refractivity contribution is 5.91. The third-order valence-corrected chi connectivity index (χ3v) is 6.64. The number of piperidine rings is 1. The smallest absolute Gasteiger partial charge is 0.224 e. The van der Waals surface area contributed by atoms with Gasteiger partial charge in [0.2, 0.25) is 5.91 Å². The lowest BCUT2D eigenvalue weighted by Crippen LogP contribution is -2.39. The normalized spacial score (nSPS) is 22.7. The van der Waals surface area contributed by atoms with Crippen LogP contribution < -0.4 is 10.6 Å². The van der Waals surface area contributed by atoms with Crippen molar-refractivity contribution in [2.45, 2.75) is 57.8 Å². The third-order valence-electron chi connectivity index (χ3n) is 6.64. The average molecular weight is 412 g/mol. The number of benzene rings is 1. The van der Waals surface area contributed by atoms with Crippen LogP contribution >= 0.6 is 0 Å². The Morgan fingerprint density at radius 3 is 2.83 bits per heavy atom. The first kappa shape index (κ1) is 20.9. The Labute approximate surface area is 178 Å². The van der Waals surface area contributed by atoms with Crippen LogP contribution in [0, 0.1) is 17.8 Å². The fourth-order valence-corrected chi connectivity index (χ4v) is 5.01. The van der Waals surface area contributed by atoms with E-state index in [9.17, 15) is 9.90 Å². The number of phenols is 1. The molecule has 3 N–H and O–H groups in total. The number of hydrogen-bond donors (Lipinski definition) is 3. The first-order valence-corrected chi connectivity index (χ1v) is 11.4. The number of nitrogens with zero attached hydrogens (tertiary/aromatic N) is 1. The van der Waals surface area contributed by atoms with Gasteiger partial charge in [0, 0.05) is 30.7 Å². The van der Waals surface area contributed by atoms with Gasteiger partial charge in [-0.2, -0.15) is 0 Å². The lowest BCUT2D eigenvalue weighted by molar-refractivity contribution is -0.117. The van der Waals surface area contributed by atoms with Crippen molar-refractivity contribution in [1.29, 1.82) is 0 Å². The average Bonchev–Trinajstić information content (AvgIpc) is 3.17. The minimum Gasteiger partial charge on any atom is -0.508 e. The largest absolute Gasteiger partial charge is 0.508 e. The van der Waals surface area contributed by atoms with Gasteiger partial charge in [-0.1, -0.05) is 43.3 Å². The molecular formula is C24H33N3O3. The SMILES string of the molecule is O=C(C[C@@H]1CCNC[C@@H]1Cc1cc(CC2CCCCC2)on1)Nc1cccc(O)c1. The molecule has 1 saturated carbocycles. The first-order valence-electron chi connectivity index (χ1n) is 11.4. The molecule has 1 aliphatic heterocycles. The van der Waals surface area contributed by atoms with E-state index in [1.807, 2.05) is 0 Å². The molecule has 2 aromatic rings. The lowest BCUT2D eigenvalue weighted by atomic mass is 9.81. The van der Waals surface area contributed by atoms with Crippen molar-refractivity contribution in [2.24, 2.45) is 17.8 Å². The van der Waals surface area contributed by atoms with Gasteiger partial charge in [-0.05, 0) is 55.8 Å². The van der Waals surface area contributed by atoms with Crippen LogP contribution in [0.4, 0.5) is 5.69 Å². The van der Waals surface area contributed by atoms with Crippen molar-refractivity contribution in [3.63, 3.8) is 0 Å². The minimum atomic E-state index is -0.00404. The number of hydrogen-bond acceptors (Lipinski definition) is 5. The zero-order valence-corrected chi connectivity index (χ0v) is 17.6. The van der Waals surface area contributed by atoms with Crippen LogP contribution in [-0.4, -0.2) is 29.3 Å². The van der Waals surface area contributed by atoms with Gasteiger partial charge < -0.3 is 20.3 Å². The van der Waals surface area contributed by atoms with E-state index in [-0.39, 0.29) is 11.7 Å². The summed E-state index contributed by atoms with van der Waals surface area (Å²) in [5.41, 5.74) is 1.64. The molecule has 1 aromatic heterocycles.